The van der Waals surface area contributed by atoms with Crippen molar-refractivity contribution in [2.75, 3.05) is 12.4 Å². The van der Waals surface area contributed by atoms with E-state index in [-0.39, 0.29) is 11.4 Å². The van der Waals surface area contributed by atoms with Gasteiger partial charge in [0.2, 0.25) is 0 Å². The Labute approximate surface area is 118 Å². The van der Waals surface area contributed by atoms with Crippen molar-refractivity contribution >= 4 is 28.1 Å². The average Bonchev–Trinajstić information content (AvgIpc) is 2.88. The maximum absolute atomic E-state index is 13.3. The second kappa shape index (κ2) is 5.85. The Kier molecular flexibility index (Phi) is 4.16. The summed E-state index contributed by atoms with van der Waals surface area (Å²) in [6.07, 6.45) is 0. The fourth-order valence-corrected chi connectivity index (χ4v) is 2.24. The number of carbonyl (C=O) groups is 1. The molecule has 1 heterocycles. The van der Waals surface area contributed by atoms with E-state index in [9.17, 15) is 9.18 Å². The van der Waals surface area contributed by atoms with E-state index in [0.717, 1.165) is 0 Å². The van der Waals surface area contributed by atoms with Gasteiger partial charge in [-0.15, -0.1) is 11.3 Å². The summed E-state index contributed by atoms with van der Waals surface area (Å²) in [7, 11) is 1.37. The van der Waals surface area contributed by atoms with Crippen LogP contribution in [-0.4, -0.2) is 23.2 Å². The number of rotatable bonds is 5. The maximum Gasteiger partial charge on any atom is 0.326 e. The highest BCUT2D eigenvalue weighted by Gasteiger charge is 2.17. The van der Waals surface area contributed by atoms with E-state index in [1.54, 1.807) is 5.38 Å². The Bertz CT molecular complexity index is 632. The molecule has 1 atom stereocenters. The van der Waals surface area contributed by atoms with E-state index >= 15 is 0 Å². The van der Waals surface area contributed by atoms with Gasteiger partial charge < -0.3 is 20.9 Å². The number of thiazole rings is 1. The number of carboxylic acids is 1. The summed E-state index contributed by atoms with van der Waals surface area (Å²) >= 11 is 1.21. The number of nitrogens with two attached hydrogens (primary N) is 1. The van der Waals surface area contributed by atoms with Gasteiger partial charge in [0.05, 0.1) is 12.8 Å². The first-order chi connectivity index (χ1) is 9.51. The summed E-state index contributed by atoms with van der Waals surface area (Å²) in [5.41, 5.74) is 6.30. The zero-order chi connectivity index (χ0) is 14.7. The lowest BCUT2D eigenvalue weighted by Crippen LogP contribution is -2.20. The first-order valence-corrected chi connectivity index (χ1v) is 6.43. The van der Waals surface area contributed by atoms with Crippen LogP contribution < -0.4 is 15.8 Å². The summed E-state index contributed by atoms with van der Waals surface area (Å²) in [6, 6.07) is 3.10. The van der Waals surface area contributed by atoms with Gasteiger partial charge in [0, 0.05) is 17.1 Å². The number of halogens is 1. The molecule has 0 radical (unpaired) electrons. The Morgan fingerprint density at radius 2 is 2.35 bits per heavy atom. The van der Waals surface area contributed by atoms with Gasteiger partial charge in [-0.2, -0.15) is 0 Å². The predicted octanol–water partition coefficient (Wildman–Crippen LogP) is 2.12. The molecule has 4 N–H and O–H groups in total. The monoisotopic (exact) mass is 297 g/mol. The van der Waals surface area contributed by atoms with E-state index < -0.39 is 17.8 Å². The minimum absolute atomic E-state index is 0.106. The molecule has 6 nitrogen and oxygen atoms in total. The number of ether oxygens (including phenoxy) is 1. The Hall–Kier alpha value is -2.19. The molecule has 0 aliphatic carbocycles. The molecule has 0 fully saturated rings. The summed E-state index contributed by atoms with van der Waals surface area (Å²) in [5.74, 6) is -1.51. The SMILES string of the molecule is COc1cc(Nc2nc(C(N)C(=O)O)cs2)ccc1F. The fourth-order valence-electron chi connectivity index (χ4n) is 1.47. The quantitative estimate of drug-likeness (QED) is 0.782. The zero-order valence-electron chi connectivity index (χ0n) is 10.5. The van der Waals surface area contributed by atoms with Crippen LogP contribution in [0.2, 0.25) is 0 Å². The summed E-state index contributed by atoms with van der Waals surface area (Å²) in [4.78, 5) is 14.8. The van der Waals surface area contributed by atoms with E-state index in [1.165, 1.54) is 36.6 Å². The van der Waals surface area contributed by atoms with Crippen LogP contribution in [-0.2, 0) is 4.79 Å². The van der Waals surface area contributed by atoms with E-state index in [1.807, 2.05) is 0 Å². The molecule has 0 aliphatic heterocycles. The minimum Gasteiger partial charge on any atom is -0.494 e. The number of aromatic nitrogens is 1. The third-order valence-corrected chi connectivity index (χ3v) is 3.28. The number of benzene rings is 1. The third kappa shape index (κ3) is 3.03. The van der Waals surface area contributed by atoms with Gasteiger partial charge in [0.1, 0.15) is 6.04 Å². The van der Waals surface area contributed by atoms with Gasteiger partial charge in [-0.25, -0.2) is 9.37 Å². The molecule has 2 aromatic rings. The molecular formula is C12H12FN3O3S. The summed E-state index contributed by atoms with van der Waals surface area (Å²) < 4.78 is 18.1. The van der Waals surface area contributed by atoms with Crippen molar-refractivity contribution in [2.24, 2.45) is 5.73 Å². The first-order valence-electron chi connectivity index (χ1n) is 5.55. The standard InChI is InChI=1S/C12H12FN3O3S/c1-19-9-4-6(2-3-7(9)13)15-12-16-8(5-20-12)10(14)11(17)18/h2-5,10H,14H2,1H3,(H,15,16)(H,17,18). The van der Waals surface area contributed by atoms with Gasteiger partial charge >= 0.3 is 5.97 Å². The Morgan fingerprint density at radius 3 is 3.00 bits per heavy atom. The lowest BCUT2D eigenvalue weighted by molar-refractivity contribution is -0.138. The normalized spacial score (nSPS) is 11.9. The molecule has 1 aromatic heterocycles. The lowest BCUT2D eigenvalue weighted by atomic mass is 10.2. The van der Waals surface area contributed by atoms with Gasteiger partial charge in [-0.3, -0.25) is 4.79 Å². The number of anilines is 2. The first kappa shape index (κ1) is 14.2. The average molecular weight is 297 g/mol. The molecule has 106 valence electrons. The Morgan fingerprint density at radius 1 is 1.60 bits per heavy atom. The number of hydrogen-bond acceptors (Lipinski definition) is 6. The molecular weight excluding hydrogens is 285 g/mol. The number of aliphatic carboxylic acids is 1. The van der Waals surface area contributed by atoms with Gasteiger partial charge in [0.25, 0.3) is 0 Å². The second-order valence-corrected chi connectivity index (χ2v) is 4.73. The molecule has 1 aromatic carbocycles. The van der Waals surface area contributed by atoms with Crippen LogP contribution in [0.15, 0.2) is 23.6 Å². The molecule has 1 unspecified atom stereocenters. The summed E-state index contributed by atoms with van der Waals surface area (Å²) in [6.45, 7) is 0. The van der Waals surface area contributed by atoms with Crippen LogP contribution in [0, 0.1) is 5.82 Å². The number of nitrogens with zero attached hydrogens (tertiary/aromatic N) is 1. The van der Waals surface area contributed by atoms with Gasteiger partial charge in [-0.1, -0.05) is 0 Å². The molecule has 0 bridgehead atoms. The van der Waals surface area contributed by atoms with Crippen molar-refractivity contribution < 1.29 is 19.0 Å². The fraction of sp³-hybridized carbons (Fsp3) is 0.167. The lowest BCUT2D eigenvalue weighted by Gasteiger charge is -2.06. The number of nitrogens with one attached hydrogen (secondary N) is 1. The largest absolute Gasteiger partial charge is 0.494 e. The molecule has 0 amide bonds. The number of carboxylic acid groups (broad SMARTS) is 1. The molecule has 0 spiro atoms. The van der Waals surface area contributed by atoms with E-state index in [4.69, 9.17) is 15.6 Å². The molecule has 0 saturated carbocycles. The van der Waals surface area contributed by atoms with Crippen molar-refractivity contribution in [3.05, 3.63) is 35.1 Å². The van der Waals surface area contributed by atoms with Crippen LogP contribution in [0.4, 0.5) is 15.2 Å². The smallest absolute Gasteiger partial charge is 0.326 e. The van der Waals surface area contributed by atoms with Crippen LogP contribution in [0.5, 0.6) is 5.75 Å². The minimum atomic E-state index is -1.16. The van der Waals surface area contributed by atoms with Crippen LogP contribution in [0.25, 0.3) is 0 Å². The predicted molar refractivity (Wildman–Crippen MR) is 72.9 cm³/mol. The van der Waals surface area contributed by atoms with Crippen molar-refractivity contribution in [3.63, 3.8) is 0 Å². The molecule has 2 rings (SSSR count). The van der Waals surface area contributed by atoms with E-state index in [0.29, 0.717) is 10.8 Å². The van der Waals surface area contributed by atoms with E-state index in [2.05, 4.69) is 10.3 Å². The van der Waals surface area contributed by atoms with Crippen LogP contribution >= 0.6 is 11.3 Å². The van der Waals surface area contributed by atoms with Gasteiger partial charge in [-0.05, 0) is 12.1 Å². The van der Waals surface area contributed by atoms with Crippen molar-refractivity contribution in [1.82, 2.24) is 4.98 Å². The highest BCUT2D eigenvalue weighted by Crippen LogP contribution is 2.27. The maximum atomic E-state index is 13.3. The second-order valence-electron chi connectivity index (χ2n) is 3.87. The van der Waals surface area contributed by atoms with Crippen molar-refractivity contribution in [2.45, 2.75) is 6.04 Å². The third-order valence-electron chi connectivity index (χ3n) is 2.51. The molecule has 0 saturated heterocycles. The highest BCUT2D eigenvalue weighted by molar-refractivity contribution is 7.13. The van der Waals surface area contributed by atoms with Gasteiger partial charge in [0.15, 0.2) is 16.7 Å². The number of hydrogen-bond donors (Lipinski definition) is 3. The topological polar surface area (TPSA) is 97.5 Å². The molecule has 0 aliphatic rings. The number of methoxy groups -OCH3 is 1. The molecule has 8 heteroatoms. The highest BCUT2D eigenvalue weighted by atomic mass is 32.1. The summed E-state index contributed by atoms with van der Waals surface area (Å²) in [5, 5.41) is 13.7. The van der Waals surface area contributed by atoms with Crippen LogP contribution in [0.1, 0.15) is 11.7 Å². The van der Waals surface area contributed by atoms with Crippen LogP contribution in [0.3, 0.4) is 0 Å². The van der Waals surface area contributed by atoms with Crippen molar-refractivity contribution in [1.29, 1.82) is 0 Å². The molecule has 20 heavy (non-hydrogen) atoms. The zero-order valence-corrected chi connectivity index (χ0v) is 11.3. The Balaban J connectivity index is 2.16. The van der Waals surface area contributed by atoms with Crippen molar-refractivity contribution in [3.8, 4) is 5.75 Å².